The van der Waals surface area contributed by atoms with Crippen LogP contribution in [-0.4, -0.2) is 22.5 Å². The molecule has 3 heterocycles. The number of piperidine rings is 1. The van der Waals surface area contributed by atoms with Crippen molar-refractivity contribution in [3.8, 4) is 0 Å². The smallest absolute Gasteiger partial charge is 0.114 e. The van der Waals surface area contributed by atoms with Gasteiger partial charge in [-0.1, -0.05) is 6.07 Å². The summed E-state index contributed by atoms with van der Waals surface area (Å²) in [5, 5.41) is 3.41. The summed E-state index contributed by atoms with van der Waals surface area (Å²) in [6.07, 6.45) is 5.57. The lowest BCUT2D eigenvalue weighted by molar-refractivity contribution is 0.366. The monoisotopic (exact) mass is 293 g/mol. The highest BCUT2D eigenvalue weighted by Crippen LogP contribution is 2.21. The third-order valence-corrected chi connectivity index (χ3v) is 4.13. The van der Waals surface area contributed by atoms with Gasteiger partial charge in [-0.25, -0.2) is 4.98 Å². The molecule has 17 heavy (non-hydrogen) atoms. The average molecular weight is 294 g/mol. The fraction of sp³-hybridized carbons (Fsp3) is 0.462. The summed E-state index contributed by atoms with van der Waals surface area (Å²) < 4.78 is 3.30. The second-order valence-electron chi connectivity index (χ2n) is 4.68. The van der Waals surface area contributed by atoms with Crippen molar-refractivity contribution in [3.63, 3.8) is 0 Å². The van der Waals surface area contributed by atoms with Gasteiger partial charge < -0.3 is 5.32 Å². The van der Waals surface area contributed by atoms with E-state index in [1.54, 1.807) is 0 Å². The zero-order chi connectivity index (χ0) is 11.7. The molecule has 0 unspecified atom stereocenters. The number of rotatable bonds is 2. The van der Waals surface area contributed by atoms with Gasteiger partial charge in [0.05, 0.1) is 16.3 Å². The van der Waals surface area contributed by atoms with Crippen molar-refractivity contribution in [2.75, 3.05) is 13.1 Å². The largest absolute Gasteiger partial charge is 0.317 e. The lowest BCUT2D eigenvalue weighted by atomic mass is 9.94. The molecule has 1 aliphatic rings. The number of nitrogens with zero attached hydrogens (tertiary/aromatic N) is 2. The second kappa shape index (κ2) is 4.78. The lowest BCUT2D eigenvalue weighted by Gasteiger charge is -2.22. The van der Waals surface area contributed by atoms with Crippen LogP contribution >= 0.6 is 15.9 Å². The topological polar surface area (TPSA) is 29.3 Å². The number of imidazole rings is 1. The van der Waals surface area contributed by atoms with Gasteiger partial charge >= 0.3 is 0 Å². The van der Waals surface area contributed by atoms with E-state index in [2.05, 4.69) is 48.8 Å². The predicted molar refractivity (Wildman–Crippen MR) is 72.2 cm³/mol. The second-order valence-corrected chi connectivity index (χ2v) is 5.49. The summed E-state index contributed by atoms with van der Waals surface area (Å²) in [5.41, 5.74) is 1.17. The Hall–Kier alpha value is -0.870. The van der Waals surface area contributed by atoms with Gasteiger partial charge in [-0.3, -0.25) is 4.40 Å². The van der Waals surface area contributed by atoms with Gasteiger partial charge in [0, 0.05) is 6.42 Å². The van der Waals surface area contributed by atoms with Gasteiger partial charge in [0.25, 0.3) is 0 Å². The van der Waals surface area contributed by atoms with E-state index in [0.717, 1.165) is 30.0 Å². The van der Waals surface area contributed by atoms with Gasteiger partial charge in [0.2, 0.25) is 0 Å². The zero-order valence-corrected chi connectivity index (χ0v) is 11.3. The maximum Gasteiger partial charge on any atom is 0.114 e. The van der Waals surface area contributed by atoms with Crippen molar-refractivity contribution in [1.29, 1.82) is 0 Å². The van der Waals surface area contributed by atoms with E-state index in [0.29, 0.717) is 0 Å². The molecule has 90 valence electrons. The van der Waals surface area contributed by atoms with E-state index in [1.165, 1.54) is 24.2 Å². The maximum absolute atomic E-state index is 4.56. The number of nitrogens with one attached hydrogen (secondary N) is 1. The van der Waals surface area contributed by atoms with E-state index < -0.39 is 0 Å². The molecule has 1 saturated heterocycles. The minimum Gasteiger partial charge on any atom is -0.317 e. The van der Waals surface area contributed by atoms with Crippen molar-refractivity contribution in [3.05, 3.63) is 34.8 Å². The lowest BCUT2D eigenvalue weighted by Crippen LogP contribution is -2.29. The molecule has 3 nitrogen and oxygen atoms in total. The molecule has 0 radical (unpaired) electrons. The SMILES string of the molecule is Brc1cccc2cnc(CC3CCNCC3)n12. The maximum atomic E-state index is 4.56. The highest BCUT2D eigenvalue weighted by atomic mass is 79.9. The van der Waals surface area contributed by atoms with Crippen LogP contribution in [0.25, 0.3) is 5.52 Å². The van der Waals surface area contributed by atoms with Gasteiger partial charge in [0.1, 0.15) is 5.82 Å². The van der Waals surface area contributed by atoms with Crippen LogP contribution < -0.4 is 5.32 Å². The minimum atomic E-state index is 0.772. The highest BCUT2D eigenvalue weighted by molar-refractivity contribution is 9.10. The first kappa shape index (κ1) is 11.2. The Bertz CT molecular complexity index is 514. The first-order chi connectivity index (χ1) is 8.34. The molecule has 1 N–H and O–H groups in total. The molecule has 0 bridgehead atoms. The fourth-order valence-electron chi connectivity index (χ4n) is 2.56. The Morgan fingerprint density at radius 1 is 1.35 bits per heavy atom. The number of fused-ring (bicyclic) bond motifs is 1. The first-order valence-corrected chi connectivity index (χ1v) is 6.95. The van der Waals surface area contributed by atoms with Gasteiger partial charge in [-0.15, -0.1) is 0 Å². The summed E-state index contributed by atoms with van der Waals surface area (Å²) >= 11 is 3.60. The Morgan fingerprint density at radius 3 is 3.00 bits per heavy atom. The van der Waals surface area contributed by atoms with Crippen LogP contribution in [-0.2, 0) is 6.42 Å². The van der Waals surface area contributed by atoms with Crippen LogP contribution in [0.15, 0.2) is 29.0 Å². The average Bonchev–Trinajstić information content (AvgIpc) is 2.75. The van der Waals surface area contributed by atoms with Crippen LogP contribution in [0.5, 0.6) is 0 Å². The van der Waals surface area contributed by atoms with Crippen LogP contribution in [0.2, 0.25) is 0 Å². The van der Waals surface area contributed by atoms with E-state index in [4.69, 9.17) is 0 Å². The molecule has 0 aromatic carbocycles. The van der Waals surface area contributed by atoms with Crippen molar-refractivity contribution in [2.24, 2.45) is 5.92 Å². The van der Waals surface area contributed by atoms with Crippen molar-refractivity contribution in [1.82, 2.24) is 14.7 Å². The number of hydrogen-bond acceptors (Lipinski definition) is 2. The van der Waals surface area contributed by atoms with E-state index in [-0.39, 0.29) is 0 Å². The predicted octanol–water partition coefficient (Wildman–Crippen LogP) is 2.64. The van der Waals surface area contributed by atoms with Gasteiger partial charge in [0.15, 0.2) is 0 Å². The first-order valence-electron chi connectivity index (χ1n) is 6.16. The standard InChI is InChI=1S/C13H16BrN3/c14-12-3-1-2-11-9-16-13(17(11)12)8-10-4-6-15-7-5-10/h1-3,9-10,15H,4-8H2. The normalized spacial score (nSPS) is 17.7. The fourth-order valence-corrected chi connectivity index (χ4v) is 3.12. The van der Waals surface area contributed by atoms with Crippen molar-refractivity contribution >= 4 is 21.4 Å². The van der Waals surface area contributed by atoms with E-state index in [9.17, 15) is 0 Å². The van der Waals surface area contributed by atoms with Crippen LogP contribution in [0.1, 0.15) is 18.7 Å². The molecule has 2 aromatic rings. The minimum absolute atomic E-state index is 0.772. The molecule has 0 atom stereocenters. The van der Waals surface area contributed by atoms with E-state index >= 15 is 0 Å². The number of aromatic nitrogens is 2. The molecule has 2 aromatic heterocycles. The summed E-state index contributed by atoms with van der Waals surface area (Å²) in [4.78, 5) is 4.56. The number of hydrogen-bond donors (Lipinski definition) is 1. The molecule has 0 aliphatic carbocycles. The summed E-state index contributed by atoms with van der Waals surface area (Å²) in [6.45, 7) is 2.30. The zero-order valence-electron chi connectivity index (χ0n) is 9.69. The Kier molecular flexibility index (Phi) is 3.16. The molecule has 1 fully saturated rings. The quantitative estimate of drug-likeness (QED) is 0.863. The molecule has 0 spiro atoms. The van der Waals surface area contributed by atoms with Gasteiger partial charge in [-0.05, 0) is 59.9 Å². The van der Waals surface area contributed by atoms with E-state index in [1.807, 2.05) is 6.20 Å². The van der Waals surface area contributed by atoms with Crippen LogP contribution in [0.4, 0.5) is 0 Å². The molecule has 0 amide bonds. The molecule has 3 rings (SSSR count). The Balaban J connectivity index is 1.89. The number of pyridine rings is 1. The van der Waals surface area contributed by atoms with Crippen LogP contribution in [0, 0.1) is 5.92 Å². The van der Waals surface area contributed by atoms with Crippen molar-refractivity contribution in [2.45, 2.75) is 19.3 Å². The third kappa shape index (κ3) is 2.24. The van der Waals surface area contributed by atoms with Crippen LogP contribution in [0.3, 0.4) is 0 Å². The molecule has 4 heteroatoms. The summed E-state index contributed by atoms with van der Waals surface area (Å²) in [6, 6.07) is 6.22. The number of halogens is 1. The molecular formula is C13H16BrN3. The highest BCUT2D eigenvalue weighted by Gasteiger charge is 2.16. The summed E-state index contributed by atoms with van der Waals surface area (Å²) in [5.74, 6) is 1.95. The Morgan fingerprint density at radius 2 is 2.18 bits per heavy atom. The summed E-state index contributed by atoms with van der Waals surface area (Å²) in [7, 11) is 0. The Labute approximate surface area is 109 Å². The van der Waals surface area contributed by atoms with Crippen molar-refractivity contribution < 1.29 is 0 Å². The third-order valence-electron chi connectivity index (χ3n) is 3.51. The van der Waals surface area contributed by atoms with Gasteiger partial charge in [-0.2, -0.15) is 0 Å². The molecule has 0 saturated carbocycles. The molecule has 1 aliphatic heterocycles. The molecular weight excluding hydrogens is 278 g/mol.